The van der Waals surface area contributed by atoms with Crippen molar-refractivity contribution in [3.8, 4) is 17.2 Å². The van der Waals surface area contributed by atoms with E-state index in [-0.39, 0.29) is 38.0 Å². The van der Waals surface area contributed by atoms with E-state index in [4.69, 9.17) is 18.9 Å². The second kappa shape index (κ2) is 14.4. The van der Waals surface area contributed by atoms with E-state index in [2.05, 4.69) is 9.55 Å². The predicted molar refractivity (Wildman–Crippen MR) is 151 cm³/mol. The molecule has 1 fully saturated rings. The van der Waals surface area contributed by atoms with E-state index < -0.39 is 17.2 Å². The number of aliphatic hydroxyl groups is 1. The third-order valence-corrected chi connectivity index (χ3v) is 7.01. The average Bonchev–Trinajstić information content (AvgIpc) is 3.28. The molecule has 0 radical (unpaired) electrons. The van der Waals surface area contributed by atoms with Crippen molar-refractivity contribution in [2.45, 2.75) is 32.0 Å². The summed E-state index contributed by atoms with van der Waals surface area (Å²) in [5.74, 6) is 0.274. The monoisotopic (exact) mass is 588 g/mol. The quantitative estimate of drug-likeness (QED) is 0.305. The topological polar surface area (TPSA) is 98.5 Å². The number of nitrogens with zero attached hydrogens (tertiary/aromatic N) is 4. The highest BCUT2D eigenvalue weighted by atomic mass is 19.1. The maximum absolute atomic E-state index is 13.7. The molecule has 0 unspecified atom stereocenters. The molecule has 2 heterocycles. The van der Waals surface area contributed by atoms with Crippen LogP contribution in [0.4, 0.5) is 8.78 Å². The number of carbonyl (C=O) groups excluding carboxylic acids is 1. The van der Waals surface area contributed by atoms with Gasteiger partial charge in [-0.3, -0.25) is 9.69 Å². The van der Waals surface area contributed by atoms with Gasteiger partial charge in [-0.1, -0.05) is 6.07 Å². The third kappa shape index (κ3) is 8.63. The summed E-state index contributed by atoms with van der Waals surface area (Å²) in [6.07, 6.45) is 4.52. The second-order valence-corrected chi connectivity index (χ2v) is 10.4. The summed E-state index contributed by atoms with van der Waals surface area (Å²) in [6.45, 7) is 4.24. The summed E-state index contributed by atoms with van der Waals surface area (Å²) < 4.78 is 51.6. The van der Waals surface area contributed by atoms with Crippen LogP contribution in [-0.4, -0.2) is 96.2 Å². The molecule has 1 amide bonds. The Morgan fingerprint density at radius 1 is 1.05 bits per heavy atom. The summed E-state index contributed by atoms with van der Waals surface area (Å²) in [7, 11) is 3.01. The van der Waals surface area contributed by atoms with Crippen molar-refractivity contribution in [1.29, 1.82) is 0 Å². The van der Waals surface area contributed by atoms with Crippen molar-refractivity contribution < 1.29 is 37.6 Å². The minimum Gasteiger partial charge on any atom is -0.493 e. The molecule has 0 aliphatic carbocycles. The van der Waals surface area contributed by atoms with Crippen LogP contribution >= 0.6 is 0 Å². The molecule has 228 valence electrons. The molecule has 1 atom stereocenters. The molecule has 0 spiro atoms. The second-order valence-electron chi connectivity index (χ2n) is 10.4. The van der Waals surface area contributed by atoms with Crippen molar-refractivity contribution in [2.75, 3.05) is 60.2 Å². The molecule has 1 aliphatic heterocycles. The van der Waals surface area contributed by atoms with Gasteiger partial charge in [0, 0.05) is 70.4 Å². The minimum absolute atomic E-state index is 0.0296. The van der Waals surface area contributed by atoms with Gasteiger partial charge in [-0.15, -0.1) is 0 Å². The maximum atomic E-state index is 13.7. The number of imidazole rings is 1. The van der Waals surface area contributed by atoms with Crippen LogP contribution in [-0.2, 0) is 22.6 Å². The number of hydrogen-bond acceptors (Lipinski definition) is 8. The molecule has 1 N–H and O–H groups in total. The number of amides is 1. The molecule has 1 saturated heterocycles. The van der Waals surface area contributed by atoms with Crippen LogP contribution < -0.4 is 14.2 Å². The van der Waals surface area contributed by atoms with Crippen LogP contribution in [0, 0.1) is 18.6 Å². The van der Waals surface area contributed by atoms with Gasteiger partial charge in [0.15, 0.2) is 11.5 Å². The SMILES string of the molecule is COCC(=O)N1CCN(Cc2ccc(OCCCn3ccnc3C)c(OC)c2)C[C@](O)(COc2cc(F)cc(F)c2)C1. The number of ether oxygens (including phenoxy) is 4. The molecule has 1 aliphatic rings. The van der Waals surface area contributed by atoms with Gasteiger partial charge in [0.05, 0.1) is 20.3 Å². The molecule has 1 aromatic heterocycles. The summed E-state index contributed by atoms with van der Waals surface area (Å²) >= 11 is 0. The molecule has 3 aromatic rings. The highest BCUT2D eigenvalue weighted by molar-refractivity contribution is 5.77. The number of carbonyl (C=O) groups is 1. The molecule has 42 heavy (non-hydrogen) atoms. The zero-order valence-electron chi connectivity index (χ0n) is 24.2. The first-order valence-corrected chi connectivity index (χ1v) is 13.8. The van der Waals surface area contributed by atoms with Gasteiger partial charge in [-0.05, 0) is 31.0 Å². The number of halogens is 2. The van der Waals surface area contributed by atoms with Gasteiger partial charge in [-0.2, -0.15) is 0 Å². The summed E-state index contributed by atoms with van der Waals surface area (Å²) in [5.41, 5.74) is -0.607. The predicted octanol–water partition coefficient (Wildman–Crippen LogP) is 3.05. The number of β-amino-alcohol motifs (C(OH)–C–C–N with tert-alkyl or cyclic N) is 1. The third-order valence-electron chi connectivity index (χ3n) is 7.01. The maximum Gasteiger partial charge on any atom is 0.248 e. The van der Waals surface area contributed by atoms with Gasteiger partial charge in [-0.25, -0.2) is 13.8 Å². The molecule has 4 rings (SSSR count). The van der Waals surface area contributed by atoms with Crippen LogP contribution in [0.2, 0.25) is 0 Å². The fraction of sp³-hybridized carbons (Fsp3) is 0.467. The normalized spacial score (nSPS) is 17.6. The molecule has 0 saturated carbocycles. The van der Waals surface area contributed by atoms with Crippen LogP contribution in [0.5, 0.6) is 17.2 Å². The number of methoxy groups -OCH3 is 2. The van der Waals surface area contributed by atoms with Gasteiger partial charge in [0.25, 0.3) is 0 Å². The van der Waals surface area contributed by atoms with Crippen molar-refractivity contribution >= 4 is 5.91 Å². The Morgan fingerprint density at radius 3 is 2.52 bits per heavy atom. The van der Waals surface area contributed by atoms with Gasteiger partial charge < -0.3 is 33.5 Å². The van der Waals surface area contributed by atoms with E-state index in [9.17, 15) is 18.7 Å². The van der Waals surface area contributed by atoms with Crippen molar-refractivity contribution in [3.05, 3.63) is 71.8 Å². The summed E-state index contributed by atoms with van der Waals surface area (Å²) in [5, 5.41) is 11.6. The summed E-state index contributed by atoms with van der Waals surface area (Å²) in [4.78, 5) is 20.4. The number of hydrogen-bond donors (Lipinski definition) is 1. The molecule has 2 aromatic carbocycles. The first-order valence-electron chi connectivity index (χ1n) is 13.8. The molecular weight excluding hydrogens is 550 g/mol. The number of rotatable bonds is 13. The molecular formula is C30H38F2N4O6. The van der Waals surface area contributed by atoms with Crippen LogP contribution in [0.1, 0.15) is 17.8 Å². The van der Waals surface area contributed by atoms with Crippen LogP contribution in [0.15, 0.2) is 48.8 Å². The lowest BCUT2D eigenvalue weighted by molar-refractivity contribution is -0.138. The summed E-state index contributed by atoms with van der Waals surface area (Å²) in [6, 6.07) is 8.51. The lowest BCUT2D eigenvalue weighted by Gasteiger charge is -2.33. The smallest absolute Gasteiger partial charge is 0.248 e. The molecule has 10 nitrogen and oxygen atoms in total. The Hall–Kier alpha value is -3.74. The van der Waals surface area contributed by atoms with Crippen LogP contribution in [0.3, 0.4) is 0 Å². The first kappa shape index (κ1) is 31.2. The van der Waals surface area contributed by atoms with Crippen molar-refractivity contribution in [2.24, 2.45) is 0 Å². The van der Waals surface area contributed by atoms with Crippen molar-refractivity contribution in [3.63, 3.8) is 0 Å². The highest BCUT2D eigenvalue weighted by Gasteiger charge is 2.37. The van der Waals surface area contributed by atoms with Crippen LogP contribution in [0.25, 0.3) is 0 Å². The van der Waals surface area contributed by atoms with Gasteiger partial charge in [0.1, 0.15) is 42.0 Å². The molecule has 12 heteroatoms. The van der Waals surface area contributed by atoms with Gasteiger partial charge in [0.2, 0.25) is 5.91 Å². The standard InChI is InChI=1S/C30H38F2N4O6/c1-22-33-7-9-35(22)8-4-12-41-27-6-5-23(13-28(27)40-3)17-34-10-11-36(29(37)18-39-2)20-30(38,19-34)21-42-26-15-24(31)14-25(32)16-26/h5-7,9,13-16,38H,4,8,10-12,17-21H2,1-3H3/t30-/m1/s1. The Bertz CT molecular complexity index is 1320. The Balaban J connectivity index is 1.42. The van der Waals surface area contributed by atoms with E-state index in [1.54, 1.807) is 13.3 Å². The Morgan fingerprint density at radius 2 is 1.83 bits per heavy atom. The zero-order chi connectivity index (χ0) is 30.1. The van der Waals surface area contributed by atoms with Crippen molar-refractivity contribution in [1.82, 2.24) is 19.4 Å². The fourth-order valence-corrected chi connectivity index (χ4v) is 4.97. The molecule has 0 bridgehead atoms. The van der Waals surface area contributed by atoms with E-state index in [0.717, 1.165) is 42.6 Å². The number of benzene rings is 2. The number of aromatic nitrogens is 2. The fourth-order valence-electron chi connectivity index (χ4n) is 4.97. The lowest BCUT2D eigenvalue weighted by atomic mass is 10.0. The number of aryl methyl sites for hydroxylation is 2. The highest BCUT2D eigenvalue weighted by Crippen LogP contribution is 2.29. The Labute approximate surface area is 244 Å². The van der Waals surface area contributed by atoms with E-state index in [1.807, 2.05) is 36.2 Å². The first-order chi connectivity index (χ1) is 20.2. The zero-order valence-corrected chi connectivity index (χ0v) is 24.2. The largest absolute Gasteiger partial charge is 0.493 e. The van der Waals surface area contributed by atoms with E-state index in [1.165, 1.54) is 12.0 Å². The minimum atomic E-state index is -1.52. The Kier molecular flexibility index (Phi) is 10.7. The van der Waals surface area contributed by atoms with E-state index in [0.29, 0.717) is 37.7 Å². The average molecular weight is 589 g/mol. The van der Waals surface area contributed by atoms with Gasteiger partial charge >= 0.3 is 0 Å². The van der Waals surface area contributed by atoms with E-state index >= 15 is 0 Å². The lowest BCUT2D eigenvalue weighted by Crippen LogP contribution is -2.52.